The molecule has 2 aromatic rings. The first-order valence-corrected chi connectivity index (χ1v) is 6.81. The van der Waals surface area contributed by atoms with Crippen LogP contribution in [0.2, 0.25) is 0 Å². The predicted octanol–water partition coefficient (Wildman–Crippen LogP) is 1.68. The van der Waals surface area contributed by atoms with E-state index in [0.29, 0.717) is 18.0 Å². The van der Waals surface area contributed by atoms with Gasteiger partial charge < -0.3 is 20.6 Å². The van der Waals surface area contributed by atoms with Crippen LogP contribution in [-0.2, 0) is 11.3 Å². The van der Waals surface area contributed by atoms with E-state index in [1.54, 1.807) is 13.2 Å². The number of nitrogens with one attached hydrogen (secondary N) is 2. The number of nitrogens with two attached hydrogens (primary N) is 1. The fourth-order valence-electron chi connectivity index (χ4n) is 1.86. The summed E-state index contributed by atoms with van der Waals surface area (Å²) >= 11 is 0. The number of benzene rings is 2. The zero-order chi connectivity index (χ0) is 15.8. The van der Waals surface area contributed by atoms with Crippen molar-refractivity contribution < 1.29 is 14.3 Å². The minimum absolute atomic E-state index is 0.177. The maximum absolute atomic E-state index is 10.8. The predicted molar refractivity (Wildman–Crippen MR) is 84.6 cm³/mol. The summed E-state index contributed by atoms with van der Waals surface area (Å²) in [6, 6.07) is 15.3. The highest BCUT2D eigenvalue weighted by atomic mass is 16.5. The molecule has 0 unspecified atom stereocenters. The second kappa shape index (κ2) is 7.90. The molecule has 0 heterocycles. The van der Waals surface area contributed by atoms with Crippen LogP contribution in [0.3, 0.4) is 0 Å². The number of para-hydroxylation sites is 1. The first-order valence-electron chi connectivity index (χ1n) is 6.81. The number of methoxy groups -OCH3 is 1. The molecule has 4 N–H and O–H groups in total. The number of hydrogen-bond acceptors (Lipinski definition) is 5. The number of hydrogen-bond donors (Lipinski definition) is 3. The van der Waals surface area contributed by atoms with E-state index in [0.717, 1.165) is 11.3 Å². The molecule has 0 aliphatic heterocycles. The second-order valence-electron chi connectivity index (χ2n) is 4.58. The number of amides is 1. The molecule has 0 saturated heterocycles. The number of anilines is 1. The van der Waals surface area contributed by atoms with Crippen molar-refractivity contribution in [1.82, 2.24) is 5.43 Å². The number of ether oxygens (including phenoxy) is 2. The van der Waals surface area contributed by atoms with Gasteiger partial charge in [-0.1, -0.05) is 24.3 Å². The topological polar surface area (TPSA) is 85.6 Å². The van der Waals surface area contributed by atoms with E-state index in [-0.39, 0.29) is 6.61 Å². The highest BCUT2D eigenvalue weighted by molar-refractivity contribution is 5.75. The van der Waals surface area contributed by atoms with Crippen LogP contribution in [-0.4, -0.2) is 19.6 Å². The molecular weight excluding hydrogens is 282 g/mol. The number of hydrazine groups is 1. The Hall–Kier alpha value is -2.73. The third kappa shape index (κ3) is 4.68. The average molecular weight is 301 g/mol. The van der Waals surface area contributed by atoms with Crippen LogP contribution in [0.1, 0.15) is 5.56 Å². The highest BCUT2D eigenvalue weighted by Crippen LogP contribution is 2.27. The molecule has 0 fully saturated rings. The number of rotatable bonds is 8. The third-order valence-corrected chi connectivity index (χ3v) is 2.90. The summed E-state index contributed by atoms with van der Waals surface area (Å²) in [4.78, 5) is 10.8. The third-order valence-electron chi connectivity index (χ3n) is 2.90. The van der Waals surface area contributed by atoms with Crippen molar-refractivity contribution >= 4 is 11.6 Å². The maximum Gasteiger partial charge on any atom is 0.255 e. The Labute approximate surface area is 129 Å². The summed E-state index contributed by atoms with van der Waals surface area (Å²) in [5.41, 5.74) is 13.3. The van der Waals surface area contributed by atoms with Gasteiger partial charge in [-0.15, -0.1) is 0 Å². The Morgan fingerprint density at radius 1 is 1.14 bits per heavy atom. The van der Waals surface area contributed by atoms with Crippen molar-refractivity contribution in [3.63, 3.8) is 0 Å². The van der Waals surface area contributed by atoms with Crippen LogP contribution >= 0.6 is 0 Å². The van der Waals surface area contributed by atoms with Gasteiger partial charge in [0.15, 0.2) is 18.1 Å². The van der Waals surface area contributed by atoms with Crippen molar-refractivity contribution in [2.75, 3.05) is 19.1 Å². The van der Waals surface area contributed by atoms with Crippen molar-refractivity contribution in [2.45, 2.75) is 6.54 Å². The van der Waals surface area contributed by atoms with Crippen LogP contribution in [0.25, 0.3) is 0 Å². The minimum atomic E-state index is -0.528. The smallest absolute Gasteiger partial charge is 0.255 e. The molecule has 2 rings (SSSR count). The summed E-state index contributed by atoms with van der Waals surface area (Å²) < 4.78 is 10.5. The lowest BCUT2D eigenvalue weighted by atomic mass is 10.2. The molecule has 0 saturated carbocycles. The largest absolute Gasteiger partial charge is 0.493 e. The number of carbonyl (C=O) groups is 1. The van der Waals surface area contributed by atoms with E-state index in [4.69, 9.17) is 15.2 Å². The molecule has 0 aromatic heterocycles. The zero-order valence-corrected chi connectivity index (χ0v) is 12.3. The van der Waals surface area contributed by atoms with Crippen molar-refractivity contribution in [3.8, 4) is 11.5 Å². The Kier molecular flexibility index (Phi) is 5.62. The fraction of sp³-hybridized carbons (Fsp3) is 0.188. The Morgan fingerprint density at radius 3 is 2.59 bits per heavy atom. The Bertz CT molecular complexity index is 617. The monoisotopic (exact) mass is 301 g/mol. The van der Waals surface area contributed by atoms with Gasteiger partial charge >= 0.3 is 0 Å². The SMILES string of the molecule is COc1cc(CNNc2ccccc2)ccc1OCC(N)=O. The van der Waals surface area contributed by atoms with Crippen LogP contribution in [0, 0.1) is 0 Å². The van der Waals surface area contributed by atoms with Gasteiger partial charge in [-0.25, -0.2) is 5.43 Å². The Morgan fingerprint density at radius 2 is 1.91 bits per heavy atom. The molecule has 0 atom stereocenters. The minimum Gasteiger partial charge on any atom is -0.493 e. The van der Waals surface area contributed by atoms with Gasteiger partial charge in [-0.05, 0) is 29.8 Å². The molecule has 2 aromatic carbocycles. The summed E-state index contributed by atoms with van der Waals surface area (Å²) in [6.45, 7) is 0.422. The quantitative estimate of drug-likeness (QED) is 0.646. The summed E-state index contributed by atoms with van der Waals surface area (Å²) in [5.74, 6) is 0.515. The van der Waals surface area contributed by atoms with E-state index in [9.17, 15) is 4.79 Å². The van der Waals surface area contributed by atoms with E-state index in [1.165, 1.54) is 0 Å². The van der Waals surface area contributed by atoms with Gasteiger partial charge in [-0.3, -0.25) is 4.79 Å². The number of carbonyl (C=O) groups excluding carboxylic acids is 1. The molecule has 1 amide bonds. The molecule has 0 bridgehead atoms. The lowest BCUT2D eigenvalue weighted by molar-refractivity contribution is -0.119. The van der Waals surface area contributed by atoms with Crippen LogP contribution in [0.5, 0.6) is 11.5 Å². The fourth-order valence-corrected chi connectivity index (χ4v) is 1.86. The Balaban J connectivity index is 1.92. The van der Waals surface area contributed by atoms with Gasteiger partial charge in [-0.2, -0.15) is 0 Å². The van der Waals surface area contributed by atoms with Crippen molar-refractivity contribution in [3.05, 3.63) is 54.1 Å². The molecule has 6 heteroatoms. The van der Waals surface area contributed by atoms with Crippen LogP contribution in [0.15, 0.2) is 48.5 Å². The standard InChI is InChI=1S/C16H19N3O3/c1-21-15-9-12(7-8-14(15)22-11-16(17)20)10-18-19-13-5-3-2-4-6-13/h2-9,18-19H,10-11H2,1H3,(H2,17,20). The second-order valence-corrected chi connectivity index (χ2v) is 4.58. The van der Waals surface area contributed by atoms with Gasteiger partial charge in [0, 0.05) is 12.2 Å². The van der Waals surface area contributed by atoms with Gasteiger partial charge in [0.25, 0.3) is 5.91 Å². The summed E-state index contributed by atoms with van der Waals surface area (Å²) in [6.07, 6.45) is 0. The van der Waals surface area contributed by atoms with E-state index >= 15 is 0 Å². The molecule has 0 radical (unpaired) electrons. The average Bonchev–Trinajstić information content (AvgIpc) is 2.54. The van der Waals surface area contributed by atoms with Crippen molar-refractivity contribution in [1.29, 1.82) is 0 Å². The van der Waals surface area contributed by atoms with Crippen LogP contribution < -0.4 is 26.1 Å². The molecule has 22 heavy (non-hydrogen) atoms. The van der Waals surface area contributed by atoms with Gasteiger partial charge in [0.1, 0.15) is 0 Å². The van der Waals surface area contributed by atoms with E-state index in [2.05, 4.69) is 10.9 Å². The first kappa shape index (κ1) is 15.7. The van der Waals surface area contributed by atoms with E-state index in [1.807, 2.05) is 42.5 Å². The highest BCUT2D eigenvalue weighted by Gasteiger charge is 2.07. The summed E-state index contributed by atoms with van der Waals surface area (Å²) in [5, 5.41) is 0. The molecule has 0 aliphatic carbocycles. The molecule has 0 aliphatic rings. The first-order chi connectivity index (χ1) is 10.7. The molecule has 116 valence electrons. The lowest BCUT2D eigenvalue weighted by Gasteiger charge is -2.12. The number of primary amides is 1. The summed E-state index contributed by atoms with van der Waals surface area (Å²) in [7, 11) is 1.55. The van der Waals surface area contributed by atoms with Crippen molar-refractivity contribution in [2.24, 2.45) is 5.73 Å². The zero-order valence-electron chi connectivity index (χ0n) is 12.3. The lowest BCUT2D eigenvalue weighted by Crippen LogP contribution is -2.21. The van der Waals surface area contributed by atoms with E-state index < -0.39 is 5.91 Å². The molecular formula is C16H19N3O3. The molecule has 0 spiro atoms. The van der Waals surface area contributed by atoms with Crippen LogP contribution in [0.4, 0.5) is 5.69 Å². The normalized spacial score (nSPS) is 10.0. The van der Waals surface area contributed by atoms with Gasteiger partial charge in [0.05, 0.1) is 7.11 Å². The van der Waals surface area contributed by atoms with Gasteiger partial charge in [0.2, 0.25) is 0 Å². The molecule has 6 nitrogen and oxygen atoms in total. The maximum atomic E-state index is 10.8.